The van der Waals surface area contributed by atoms with Crippen LogP contribution >= 0.6 is 0 Å². The van der Waals surface area contributed by atoms with Crippen molar-refractivity contribution in [1.82, 2.24) is 21.0 Å². The molecule has 0 spiro atoms. The Hall–Kier alpha value is -3.35. The smallest absolute Gasteiger partial charge is 0.290 e. The van der Waals surface area contributed by atoms with Crippen LogP contribution in [0.25, 0.3) is 10.8 Å². The van der Waals surface area contributed by atoms with Crippen molar-refractivity contribution in [3.8, 4) is 5.75 Å². The number of aromatic nitrogens is 2. The van der Waals surface area contributed by atoms with E-state index in [-0.39, 0.29) is 5.69 Å². The first kappa shape index (κ1) is 17.1. The van der Waals surface area contributed by atoms with E-state index < -0.39 is 17.9 Å². The number of carbonyl (C=O) groups excluding carboxylic acids is 2. The summed E-state index contributed by atoms with van der Waals surface area (Å²) in [5, 5.41) is 8.96. The molecule has 138 valence electrons. The second-order valence-corrected chi connectivity index (χ2v) is 6.70. The molecule has 1 fully saturated rings. The third kappa shape index (κ3) is 3.92. The number of aromatic amines is 1. The van der Waals surface area contributed by atoms with E-state index >= 15 is 0 Å². The number of fused-ring (bicyclic) bond motifs is 1. The molecule has 0 bridgehead atoms. The second-order valence-electron chi connectivity index (χ2n) is 6.70. The van der Waals surface area contributed by atoms with Crippen LogP contribution in [0.15, 0.2) is 48.5 Å². The normalized spacial score (nSPS) is 14.6. The Balaban J connectivity index is 1.31. The largest absolute Gasteiger partial charge is 0.481 e. The van der Waals surface area contributed by atoms with Gasteiger partial charge in [-0.3, -0.25) is 25.5 Å². The lowest BCUT2D eigenvalue weighted by atomic mass is 10.1. The van der Waals surface area contributed by atoms with Crippen molar-refractivity contribution in [3.05, 3.63) is 59.9 Å². The van der Waals surface area contributed by atoms with Crippen molar-refractivity contribution in [2.45, 2.75) is 31.8 Å². The fraction of sp³-hybridized carbons (Fsp3) is 0.250. The molecule has 2 aromatic carbocycles. The van der Waals surface area contributed by atoms with Gasteiger partial charge in [-0.05, 0) is 48.7 Å². The highest BCUT2D eigenvalue weighted by Crippen LogP contribution is 2.38. The SMILES string of the molecule is CC(Oc1ccc2ccccc2c1)C(=O)NNC(=O)c1cc(C2CC2)[nH]n1. The van der Waals surface area contributed by atoms with Gasteiger partial charge in [0, 0.05) is 11.6 Å². The van der Waals surface area contributed by atoms with Crippen molar-refractivity contribution in [2.75, 3.05) is 0 Å². The molecule has 1 atom stereocenters. The van der Waals surface area contributed by atoms with E-state index in [1.54, 1.807) is 13.0 Å². The zero-order valence-electron chi connectivity index (χ0n) is 14.9. The van der Waals surface area contributed by atoms with Crippen LogP contribution in [0.1, 0.15) is 41.9 Å². The summed E-state index contributed by atoms with van der Waals surface area (Å²) in [6.07, 6.45) is 1.46. The zero-order valence-corrected chi connectivity index (χ0v) is 14.9. The minimum atomic E-state index is -0.771. The van der Waals surface area contributed by atoms with Gasteiger partial charge in [0.25, 0.3) is 11.8 Å². The average Bonchev–Trinajstić information content (AvgIpc) is 3.42. The average molecular weight is 364 g/mol. The minimum absolute atomic E-state index is 0.250. The molecule has 0 radical (unpaired) electrons. The van der Waals surface area contributed by atoms with Gasteiger partial charge >= 0.3 is 0 Å². The van der Waals surface area contributed by atoms with Gasteiger partial charge in [0.2, 0.25) is 0 Å². The molecule has 3 aromatic rings. The Labute approximate surface area is 156 Å². The van der Waals surface area contributed by atoms with Crippen LogP contribution < -0.4 is 15.6 Å². The van der Waals surface area contributed by atoms with Crippen LogP contribution in [0.2, 0.25) is 0 Å². The van der Waals surface area contributed by atoms with Gasteiger partial charge in [0.05, 0.1) is 0 Å². The topological polar surface area (TPSA) is 96.1 Å². The zero-order chi connectivity index (χ0) is 18.8. The fourth-order valence-electron chi connectivity index (χ4n) is 2.84. The lowest BCUT2D eigenvalue weighted by molar-refractivity contribution is -0.128. The molecular weight excluding hydrogens is 344 g/mol. The predicted octanol–water partition coefficient (Wildman–Crippen LogP) is 2.67. The van der Waals surface area contributed by atoms with Crippen LogP contribution in [0.5, 0.6) is 5.75 Å². The lowest BCUT2D eigenvalue weighted by Gasteiger charge is -2.15. The quantitative estimate of drug-likeness (QED) is 0.607. The summed E-state index contributed by atoms with van der Waals surface area (Å²) in [7, 11) is 0. The molecule has 0 saturated heterocycles. The highest BCUT2D eigenvalue weighted by molar-refractivity contribution is 5.94. The van der Waals surface area contributed by atoms with Crippen molar-refractivity contribution in [2.24, 2.45) is 0 Å². The van der Waals surface area contributed by atoms with Crippen molar-refractivity contribution < 1.29 is 14.3 Å². The van der Waals surface area contributed by atoms with E-state index in [4.69, 9.17) is 4.74 Å². The lowest BCUT2D eigenvalue weighted by Crippen LogP contribution is -2.47. The van der Waals surface area contributed by atoms with Gasteiger partial charge in [-0.25, -0.2) is 0 Å². The van der Waals surface area contributed by atoms with E-state index in [9.17, 15) is 9.59 Å². The summed E-state index contributed by atoms with van der Waals surface area (Å²) in [5.74, 6) is 0.145. The predicted molar refractivity (Wildman–Crippen MR) is 100 cm³/mol. The number of nitrogens with one attached hydrogen (secondary N) is 3. The summed E-state index contributed by atoms with van der Waals surface area (Å²) in [4.78, 5) is 24.3. The number of hydrogen-bond acceptors (Lipinski definition) is 4. The Morgan fingerprint density at radius 1 is 1.11 bits per heavy atom. The Morgan fingerprint density at radius 3 is 2.67 bits per heavy atom. The number of benzene rings is 2. The molecule has 1 aromatic heterocycles. The first-order valence-corrected chi connectivity index (χ1v) is 8.91. The van der Waals surface area contributed by atoms with E-state index in [2.05, 4.69) is 21.0 Å². The number of nitrogens with zero attached hydrogens (tertiary/aromatic N) is 1. The molecule has 2 amide bonds. The Morgan fingerprint density at radius 2 is 1.89 bits per heavy atom. The van der Waals surface area contributed by atoms with Crippen LogP contribution in [0.3, 0.4) is 0 Å². The maximum Gasteiger partial charge on any atom is 0.290 e. The van der Waals surface area contributed by atoms with Gasteiger partial charge in [-0.15, -0.1) is 0 Å². The number of hydrazine groups is 1. The van der Waals surface area contributed by atoms with Gasteiger partial charge in [-0.1, -0.05) is 30.3 Å². The van der Waals surface area contributed by atoms with Crippen molar-refractivity contribution in [3.63, 3.8) is 0 Å². The first-order chi connectivity index (χ1) is 13.1. The first-order valence-electron chi connectivity index (χ1n) is 8.91. The molecule has 1 saturated carbocycles. The summed E-state index contributed by atoms with van der Waals surface area (Å²) in [6, 6.07) is 15.2. The molecule has 0 aliphatic heterocycles. The molecule has 1 aliphatic carbocycles. The van der Waals surface area contributed by atoms with Crippen LogP contribution in [0.4, 0.5) is 0 Å². The van der Waals surface area contributed by atoms with Crippen molar-refractivity contribution in [1.29, 1.82) is 0 Å². The third-order valence-electron chi connectivity index (χ3n) is 4.55. The fourth-order valence-corrected chi connectivity index (χ4v) is 2.84. The Bertz CT molecular complexity index is 994. The van der Waals surface area contributed by atoms with Crippen molar-refractivity contribution >= 4 is 22.6 Å². The molecule has 1 heterocycles. The van der Waals surface area contributed by atoms with E-state index in [0.717, 1.165) is 29.3 Å². The molecule has 3 N–H and O–H groups in total. The number of carbonyl (C=O) groups is 2. The maximum absolute atomic E-state index is 12.2. The van der Waals surface area contributed by atoms with E-state index in [1.807, 2.05) is 42.5 Å². The molecule has 1 aliphatic rings. The maximum atomic E-state index is 12.2. The molecule has 7 nitrogen and oxygen atoms in total. The standard InChI is InChI=1S/C20H20N4O3/c1-12(27-16-9-8-13-4-2-3-5-15(13)10-16)19(25)23-24-20(26)18-11-17(21-22-18)14-6-7-14/h2-5,8-12,14H,6-7H2,1H3,(H,21,22)(H,23,25)(H,24,26). The summed E-state index contributed by atoms with van der Waals surface area (Å²) in [5.41, 5.74) is 5.95. The number of H-pyrrole nitrogens is 1. The number of hydrogen-bond donors (Lipinski definition) is 3. The van der Waals surface area contributed by atoms with Gasteiger partial charge in [0.15, 0.2) is 11.8 Å². The molecule has 27 heavy (non-hydrogen) atoms. The van der Waals surface area contributed by atoms with E-state index in [1.165, 1.54) is 0 Å². The monoisotopic (exact) mass is 364 g/mol. The molecule has 7 heteroatoms. The number of rotatable bonds is 5. The molecular formula is C20H20N4O3. The highest BCUT2D eigenvalue weighted by atomic mass is 16.5. The highest BCUT2D eigenvalue weighted by Gasteiger charge is 2.26. The second kappa shape index (κ2) is 7.11. The molecule has 1 unspecified atom stereocenters. The van der Waals surface area contributed by atoms with Gasteiger partial charge < -0.3 is 4.74 Å². The molecule has 4 rings (SSSR count). The summed E-state index contributed by atoms with van der Waals surface area (Å²) in [6.45, 7) is 1.62. The third-order valence-corrected chi connectivity index (χ3v) is 4.55. The van der Waals surface area contributed by atoms with Crippen LogP contribution in [0, 0.1) is 0 Å². The number of ether oxygens (including phenoxy) is 1. The summed E-state index contributed by atoms with van der Waals surface area (Å²) < 4.78 is 5.68. The van der Waals surface area contributed by atoms with E-state index in [0.29, 0.717) is 11.7 Å². The summed E-state index contributed by atoms with van der Waals surface area (Å²) >= 11 is 0. The van der Waals surface area contributed by atoms with Crippen LogP contribution in [-0.2, 0) is 4.79 Å². The van der Waals surface area contributed by atoms with Gasteiger partial charge in [0.1, 0.15) is 5.75 Å². The Kier molecular flexibility index (Phi) is 4.50. The van der Waals surface area contributed by atoms with Gasteiger partial charge in [-0.2, -0.15) is 5.10 Å². The van der Waals surface area contributed by atoms with Crippen LogP contribution in [-0.4, -0.2) is 28.1 Å². The number of amides is 2. The minimum Gasteiger partial charge on any atom is -0.481 e.